The number of hydrogen-bond acceptors (Lipinski definition) is 4. The fraction of sp³-hybridized carbons (Fsp3) is 0.235. The molecule has 25 heavy (non-hydrogen) atoms. The molecule has 0 heterocycles. The van der Waals surface area contributed by atoms with Crippen LogP contribution >= 0.6 is 11.6 Å². The molecule has 2 N–H and O–H groups in total. The zero-order valence-electron chi connectivity index (χ0n) is 14.0. The summed E-state index contributed by atoms with van der Waals surface area (Å²) in [5.41, 5.74) is 1.38. The highest BCUT2D eigenvalue weighted by atomic mass is 35.5. The number of benzene rings is 2. The van der Waals surface area contributed by atoms with Gasteiger partial charge in [0.2, 0.25) is 10.0 Å². The second-order valence-electron chi connectivity index (χ2n) is 5.54. The number of anilines is 1. The van der Waals surface area contributed by atoms with Gasteiger partial charge in [0.15, 0.2) is 0 Å². The second kappa shape index (κ2) is 7.76. The van der Waals surface area contributed by atoms with Crippen LogP contribution < -0.4 is 14.8 Å². The van der Waals surface area contributed by atoms with Crippen LogP contribution in [0.1, 0.15) is 28.9 Å². The Labute approximate surface area is 152 Å². The molecule has 0 aliphatic carbocycles. The number of nitrogens with one attached hydrogen (secondary N) is 2. The summed E-state index contributed by atoms with van der Waals surface area (Å²) in [6, 6.07) is 11.5. The van der Waals surface area contributed by atoms with Crippen LogP contribution in [-0.4, -0.2) is 27.7 Å². The molecule has 2 aromatic rings. The number of halogens is 1. The summed E-state index contributed by atoms with van der Waals surface area (Å²) in [4.78, 5) is 12.4. The zero-order valence-corrected chi connectivity index (χ0v) is 15.6. The highest BCUT2D eigenvalue weighted by Crippen LogP contribution is 2.24. The number of carbonyl (C=O) groups excluding carboxylic acids is 1. The summed E-state index contributed by atoms with van der Waals surface area (Å²) in [6.07, 6.45) is 1.02. The van der Waals surface area contributed by atoms with E-state index in [1.165, 1.54) is 18.2 Å². The lowest BCUT2D eigenvalue weighted by atomic mass is 10.1. The van der Waals surface area contributed by atoms with Gasteiger partial charge in [-0.1, -0.05) is 23.7 Å². The van der Waals surface area contributed by atoms with E-state index in [2.05, 4.69) is 10.0 Å². The smallest absolute Gasteiger partial charge is 0.251 e. The monoisotopic (exact) mass is 382 g/mol. The molecule has 134 valence electrons. The van der Waals surface area contributed by atoms with Crippen molar-refractivity contribution in [1.29, 1.82) is 0 Å². The number of methoxy groups -OCH3 is 1. The SMILES string of the molecule is COc1ccc(C(C)NC(=O)c2ccc(Cl)c(NS(C)(=O)=O)c2)cc1. The lowest BCUT2D eigenvalue weighted by molar-refractivity contribution is 0.0940. The lowest BCUT2D eigenvalue weighted by Gasteiger charge is -2.15. The molecule has 0 fully saturated rings. The Kier molecular flexibility index (Phi) is 5.92. The van der Waals surface area contributed by atoms with Crippen molar-refractivity contribution in [1.82, 2.24) is 5.32 Å². The van der Waals surface area contributed by atoms with E-state index in [1.54, 1.807) is 7.11 Å². The van der Waals surface area contributed by atoms with Gasteiger partial charge in [-0.05, 0) is 42.8 Å². The largest absolute Gasteiger partial charge is 0.497 e. The first-order valence-electron chi connectivity index (χ1n) is 7.42. The van der Waals surface area contributed by atoms with Crippen molar-refractivity contribution >= 4 is 33.2 Å². The van der Waals surface area contributed by atoms with Crippen LogP contribution in [0.15, 0.2) is 42.5 Å². The summed E-state index contributed by atoms with van der Waals surface area (Å²) in [6.45, 7) is 1.85. The summed E-state index contributed by atoms with van der Waals surface area (Å²) in [5, 5.41) is 3.07. The molecule has 1 amide bonds. The van der Waals surface area contributed by atoms with Crippen molar-refractivity contribution in [3.63, 3.8) is 0 Å². The first kappa shape index (κ1) is 19.1. The second-order valence-corrected chi connectivity index (χ2v) is 7.69. The van der Waals surface area contributed by atoms with Crippen LogP contribution in [0.4, 0.5) is 5.69 Å². The number of rotatable bonds is 6. The molecule has 0 aromatic heterocycles. The first-order valence-corrected chi connectivity index (χ1v) is 9.68. The molecule has 0 aliphatic heterocycles. The van der Waals surface area contributed by atoms with Gasteiger partial charge in [-0.3, -0.25) is 9.52 Å². The van der Waals surface area contributed by atoms with Crippen molar-refractivity contribution in [2.24, 2.45) is 0 Å². The molecule has 6 nitrogen and oxygen atoms in total. The minimum absolute atomic E-state index is 0.161. The minimum Gasteiger partial charge on any atom is -0.497 e. The Morgan fingerprint density at radius 3 is 2.36 bits per heavy atom. The van der Waals surface area contributed by atoms with Crippen LogP contribution in [-0.2, 0) is 10.0 Å². The number of amides is 1. The van der Waals surface area contributed by atoms with Crippen molar-refractivity contribution in [2.45, 2.75) is 13.0 Å². The van der Waals surface area contributed by atoms with Crippen LogP contribution in [0.3, 0.4) is 0 Å². The van der Waals surface area contributed by atoms with Gasteiger partial charge >= 0.3 is 0 Å². The van der Waals surface area contributed by atoms with Crippen molar-refractivity contribution in [3.8, 4) is 5.75 Å². The Morgan fingerprint density at radius 1 is 1.16 bits per heavy atom. The minimum atomic E-state index is -3.49. The van der Waals surface area contributed by atoms with E-state index in [9.17, 15) is 13.2 Å². The van der Waals surface area contributed by atoms with E-state index < -0.39 is 10.0 Å². The molecule has 1 atom stereocenters. The molecule has 0 aliphatic rings. The van der Waals surface area contributed by atoms with Gasteiger partial charge in [-0.15, -0.1) is 0 Å². The van der Waals surface area contributed by atoms with Gasteiger partial charge in [-0.2, -0.15) is 0 Å². The molecule has 0 radical (unpaired) electrons. The van der Waals surface area contributed by atoms with Crippen LogP contribution in [0.25, 0.3) is 0 Å². The molecular weight excluding hydrogens is 364 g/mol. The van der Waals surface area contributed by atoms with E-state index in [0.29, 0.717) is 5.56 Å². The summed E-state index contributed by atoms with van der Waals surface area (Å²) >= 11 is 5.97. The van der Waals surface area contributed by atoms with Gasteiger partial charge in [0, 0.05) is 5.56 Å². The van der Waals surface area contributed by atoms with Crippen molar-refractivity contribution < 1.29 is 17.9 Å². The fourth-order valence-electron chi connectivity index (χ4n) is 2.20. The van der Waals surface area contributed by atoms with E-state index in [1.807, 2.05) is 31.2 Å². The summed E-state index contributed by atoms with van der Waals surface area (Å²) in [7, 11) is -1.91. The van der Waals surface area contributed by atoms with Gasteiger partial charge < -0.3 is 10.1 Å². The summed E-state index contributed by atoms with van der Waals surface area (Å²) < 4.78 is 30.1. The average Bonchev–Trinajstić information content (AvgIpc) is 2.55. The van der Waals surface area contributed by atoms with E-state index in [4.69, 9.17) is 16.3 Å². The predicted octanol–water partition coefficient (Wildman–Crippen LogP) is 3.21. The van der Waals surface area contributed by atoms with Crippen molar-refractivity contribution in [3.05, 3.63) is 58.6 Å². The first-order chi connectivity index (χ1) is 11.7. The van der Waals surface area contributed by atoms with Gasteiger partial charge in [-0.25, -0.2) is 8.42 Å². The fourth-order valence-corrected chi connectivity index (χ4v) is 2.99. The average molecular weight is 383 g/mol. The molecule has 0 saturated carbocycles. The molecule has 2 rings (SSSR count). The number of ether oxygens (including phenoxy) is 1. The third kappa shape index (κ3) is 5.37. The number of carbonyl (C=O) groups is 1. The third-order valence-electron chi connectivity index (χ3n) is 3.49. The Bertz CT molecular complexity index is 867. The Hall–Kier alpha value is -2.25. The maximum Gasteiger partial charge on any atom is 0.251 e. The standard InChI is InChI=1S/C17H19ClN2O4S/c1-11(12-4-7-14(24-2)8-5-12)19-17(21)13-6-9-15(18)16(10-13)20-25(3,22)23/h4-11,20H,1-3H3,(H,19,21). The molecule has 1 unspecified atom stereocenters. The van der Waals surface area contributed by atoms with Crippen LogP contribution in [0, 0.1) is 0 Å². The maximum absolute atomic E-state index is 12.4. The molecule has 8 heteroatoms. The highest BCUT2D eigenvalue weighted by Gasteiger charge is 2.14. The Balaban J connectivity index is 2.15. The number of sulfonamides is 1. The lowest BCUT2D eigenvalue weighted by Crippen LogP contribution is -2.26. The predicted molar refractivity (Wildman–Crippen MR) is 98.8 cm³/mol. The number of hydrogen-bond donors (Lipinski definition) is 2. The van der Waals surface area contributed by atoms with Crippen LogP contribution in [0.5, 0.6) is 5.75 Å². The molecule has 2 aromatic carbocycles. The third-order valence-corrected chi connectivity index (χ3v) is 4.41. The summed E-state index contributed by atoms with van der Waals surface area (Å²) in [5.74, 6) is 0.396. The van der Waals surface area contributed by atoms with Crippen molar-refractivity contribution in [2.75, 3.05) is 18.1 Å². The molecule has 0 saturated heterocycles. The van der Waals surface area contributed by atoms with Crippen LogP contribution in [0.2, 0.25) is 5.02 Å². The van der Waals surface area contributed by atoms with Gasteiger partial charge in [0.25, 0.3) is 5.91 Å². The quantitative estimate of drug-likeness (QED) is 0.803. The zero-order chi connectivity index (χ0) is 18.6. The molecule has 0 spiro atoms. The normalized spacial score (nSPS) is 12.3. The highest BCUT2D eigenvalue weighted by molar-refractivity contribution is 7.92. The van der Waals surface area contributed by atoms with E-state index >= 15 is 0 Å². The van der Waals surface area contributed by atoms with Gasteiger partial charge in [0.1, 0.15) is 5.75 Å². The Morgan fingerprint density at radius 2 is 1.80 bits per heavy atom. The van der Waals surface area contributed by atoms with Gasteiger partial charge in [0.05, 0.1) is 30.1 Å². The molecular formula is C17H19ClN2O4S. The van der Waals surface area contributed by atoms with E-state index in [-0.39, 0.29) is 22.7 Å². The van der Waals surface area contributed by atoms with E-state index in [0.717, 1.165) is 17.6 Å². The topological polar surface area (TPSA) is 84.5 Å². The maximum atomic E-state index is 12.4. The molecule has 0 bridgehead atoms.